The summed E-state index contributed by atoms with van der Waals surface area (Å²) in [7, 11) is 3.81. The number of nitrogens with two attached hydrogens (primary N) is 1. The molecule has 3 rings (SSSR count). The van der Waals surface area contributed by atoms with Gasteiger partial charge in [0.2, 0.25) is 11.8 Å². The van der Waals surface area contributed by atoms with Gasteiger partial charge in [-0.3, -0.25) is 9.59 Å². The molecule has 258 valence electrons. The van der Waals surface area contributed by atoms with Crippen LogP contribution in [0.3, 0.4) is 0 Å². The summed E-state index contributed by atoms with van der Waals surface area (Å²) in [5.41, 5.74) is 10.4. The summed E-state index contributed by atoms with van der Waals surface area (Å²) in [5, 5.41) is 25.0. The van der Waals surface area contributed by atoms with Crippen molar-refractivity contribution >= 4 is 22.7 Å². The molecule has 4 atom stereocenters. The fourth-order valence-corrected chi connectivity index (χ4v) is 6.55. The van der Waals surface area contributed by atoms with Crippen molar-refractivity contribution < 1.29 is 29.4 Å². The maximum Gasteiger partial charge on any atom is 0.295 e. The van der Waals surface area contributed by atoms with E-state index in [0.717, 1.165) is 25.9 Å². The minimum Gasteiger partial charge on any atom is -0.391 e. The van der Waals surface area contributed by atoms with Crippen molar-refractivity contribution in [3.8, 4) is 0 Å². The first-order chi connectivity index (χ1) is 21.8. The molecule has 1 aromatic heterocycles. The lowest BCUT2D eigenvalue weighted by molar-refractivity contribution is -0.754. The highest BCUT2D eigenvalue weighted by Crippen LogP contribution is 2.29. The molecule has 12 heteroatoms. The van der Waals surface area contributed by atoms with Crippen molar-refractivity contribution in [1.82, 2.24) is 14.8 Å². The van der Waals surface area contributed by atoms with Crippen molar-refractivity contribution in [3.63, 3.8) is 0 Å². The second-order valence-corrected chi connectivity index (χ2v) is 13.6. The van der Waals surface area contributed by atoms with Crippen LogP contribution < -0.4 is 11.1 Å². The molecule has 2 amide bonds. The van der Waals surface area contributed by atoms with E-state index in [0.29, 0.717) is 38.3 Å². The van der Waals surface area contributed by atoms with Crippen LogP contribution in [-0.2, 0) is 39.1 Å². The van der Waals surface area contributed by atoms with E-state index in [1.807, 2.05) is 13.8 Å². The predicted molar refractivity (Wildman–Crippen MR) is 177 cm³/mol. The average Bonchev–Trinajstić information content (AvgIpc) is 3.32. The summed E-state index contributed by atoms with van der Waals surface area (Å²) in [6, 6.07) is 6.09. The topological polar surface area (TPSA) is 162 Å². The first kappa shape index (κ1) is 37.2. The number of fused-ring (bicyclic) bond motifs is 1. The van der Waals surface area contributed by atoms with Crippen LogP contribution in [0.25, 0.3) is 10.9 Å². The number of aliphatic hydroxyl groups excluding tert-OH is 1. The number of hydrogen-bond acceptors (Lipinski definition) is 8. The third-order valence-electron chi connectivity index (χ3n) is 9.57. The van der Waals surface area contributed by atoms with Crippen LogP contribution in [0.1, 0.15) is 70.9 Å². The maximum absolute atomic E-state index is 13.3. The van der Waals surface area contributed by atoms with Gasteiger partial charge in [0.15, 0.2) is 6.61 Å². The number of carbonyl (C=O) groups is 2. The number of methoxy groups -OCH3 is 1. The number of aryl methyl sites for hydroxylation is 2. The normalized spacial score (nSPS) is 16.9. The van der Waals surface area contributed by atoms with Crippen molar-refractivity contribution in [1.29, 1.82) is 0 Å². The van der Waals surface area contributed by atoms with Crippen molar-refractivity contribution in [2.75, 3.05) is 33.4 Å². The number of nitrogens with one attached hydrogen (secondary N) is 1. The lowest BCUT2D eigenvalue weighted by Crippen LogP contribution is -2.50. The fraction of sp³-hybridized carbons (Fsp3) is 0.706. The number of piperidine rings is 1. The molecular weight excluding hydrogens is 590 g/mol. The van der Waals surface area contributed by atoms with E-state index in [-0.39, 0.29) is 30.2 Å². The van der Waals surface area contributed by atoms with Gasteiger partial charge in [-0.25, -0.2) is 0 Å². The van der Waals surface area contributed by atoms with Gasteiger partial charge in [-0.2, -0.15) is 0 Å². The standard InChI is InChI=1S/C34H55N5O7/c1-22(2)26(16-24-9-10-31-29(17-24)25(20-37(31)5)8-7-15-45-6)18-30(35)32(40)19-28(23(3)4)34(42)36-27-11-13-38(14-12-27)33(41)21-46-39(43)44/h9-10,17,20,22-23,26-28,30,32,40H,7-8,11-16,18-19,21,35H2,1-6H3,(H,36,42)/t26-,28-,30-,32-/m0/s1. The van der Waals surface area contributed by atoms with Crippen LogP contribution in [0.15, 0.2) is 24.4 Å². The quantitative estimate of drug-likeness (QED) is 0.126. The second-order valence-electron chi connectivity index (χ2n) is 13.6. The van der Waals surface area contributed by atoms with Gasteiger partial charge in [0.05, 0.1) is 6.10 Å². The molecule has 46 heavy (non-hydrogen) atoms. The highest BCUT2D eigenvalue weighted by Gasteiger charge is 2.32. The molecular formula is C34H55N5O7. The van der Waals surface area contributed by atoms with Crippen LogP contribution in [0.4, 0.5) is 0 Å². The lowest BCUT2D eigenvalue weighted by Gasteiger charge is -2.34. The maximum atomic E-state index is 13.3. The van der Waals surface area contributed by atoms with Gasteiger partial charge in [0.25, 0.3) is 5.09 Å². The van der Waals surface area contributed by atoms with E-state index in [2.05, 4.69) is 60.0 Å². The third kappa shape index (κ3) is 10.7. The summed E-state index contributed by atoms with van der Waals surface area (Å²) >= 11 is 0. The highest BCUT2D eigenvalue weighted by molar-refractivity contribution is 5.84. The molecule has 1 fully saturated rings. The Labute approximate surface area is 273 Å². The molecule has 0 unspecified atom stereocenters. The molecule has 1 aliphatic rings. The molecule has 0 radical (unpaired) electrons. The summed E-state index contributed by atoms with van der Waals surface area (Å²) in [4.78, 5) is 41.5. The molecule has 0 aliphatic carbocycles. The Morgan fingerprint density at radius 1 is 1.15 bits per heavy atom. The zero-order valence-electron chi connectivity index (χ0n) is 28.4. The Kier molecular flexibility index (Phi) is 14.3. The minimum atomic E-state index is -0.980. The first-order valence-electron chi connectivity index (χ1n) is 16.7. The van der Waals surface area contributed by atoms with Crippen LogP contribution >= 0.6 is 0 Å². The summed E-state index contributed by atoms with van der Waals surface area (Å²) < 4.78 is 7.43. The minimum absolute atomic E-state index is 0.000580. The summed E-state index contributed by atoms with van der Waals surface area (Å²) in [5.74, 6) is -0.359. The first-order valence-corrected chi connectivity index (χ1v) is 16.7. The number of ether oxygens (including phenoxy) is 1. The van der Waals surface area contributed by atoms with Crippen LogP contribution in [0.2, 0.25) is 0 Å². The fourth-order valence-electron chi connectivity index (χ4n) is 6.55. The molecule has 0 bridgehead atoms. The molecule has 1 aromatic carbocycles. The number of aliphatic hydroxyl groups is 1. The zero-order chi connectivity index (χ0) is 34.0. The number of benzene rings is 1. The van der Waals surface area contributed by atoms with E-state index in [1.54, 1.807) is 7.11 Å². The Morgan fingerprint density at radius 2 is 1.85 bits per heavy atom. The van der Waals surface area contributed by atoms with E-state index in [9.17, 15) is 24.8 Å². The molecule has 0 saturated carbocycles. The number of hydrogen-bond donors (Lipinski definition) is 3. The van der Waals surface area contributed by atoms with E-state index >= 15 is 0 Å². The molecule has 0 spiro atoms. The SMILES string of the molecule is COCCCc1cn(C)c2ccc(C[C@@H](C[C@H](N)[C@@H](O)C[C@H](C(=O)NC3CCN(C(=O)CO[N+](=O)[O-])CC3)C(C)C)C(C)C)cc12. The predicted octanol–water partition coefficient (Wildman–Crippen LogP) is 3.63. The van der Waals surface area contributed by atoms with Crippen LogP contribution in [0.5, 0.6) is 0 Å². The van der Waals surface area contributed by atoms with Crippen molar-refractivity contribution in [2.45, 2.75) is 90.8 Å². The Bertz CT molecular complexity index is 1290. The van der Waals surface area contributed by atoms with E-state index in [1.165, 1.54) is 26.9 Å². The second kappa shape index (κ2) is 17.6. The number of amides is 2. The van der Waals surface area contributed by atoms with Gasteiger partial charge in [-0.1, -0.05) is 33.8 Å². The molecule has 2 aromatic rings. The number of nitrogens with zero attached hydrogens (tertiary/aromatic N) is 3. The van der Waals surface area contributed by atoms with Gasteiger partial charge in [0, 0.05) is 69.0 Å². The smallest absolute Gasteiger partial charge is 0.295 e. The summed E-state index contributed by atoms with van der Waals surface area (Å²) in [6.45, 7) is 9.23. The van der Waals surface area contributed by atoms with Gasteiger partial charge in [-0.05, 0) is 86.0 Å². The number of rotatable bonds is 18. The van der Waals surface area contributed by atoms with Gasteiger partial charge >= 0.3 is 0 Å². The Balaban J connectivity index is 1.57. The van der Waals surface area contributed by atoms with Crippen molar-refractivity contribution in [3.05, 3.63) is 45.6 Å². The number of aromatic nitrogens is 1. The third-order valence-corrected chi connectivity index (χ3v) is 9.57. The van der Waals surface area contributed by atoms with Gasteiger partial charge < -0.3 is 35.2 Å². The van der Waals surface area contributed by atoms with Crippen LogP contribution in [0, 0.1) is 33.8 Å². The molecule has 1 aliphatic heterocycles. The highest BCUT2D eigenvalue weighted by atomic mass is 16.9. The molecule has 2 heterocycles. The number of likely N-dealkylation sites (tertiary alicyclic amines) is 1. The van der Waals surface area contributed by atoms with E-state index in [4.69, 9.17) is 10.5 Å². The molecule has 4 N–H and O–H groups in total. The average molecular weight is 646 g/mol. The van der Waals surface area contributed by atoms with Gasteiger partial charge in [-0.15, -0.1) is 10.1 Å². The molecule has 12 nitrogen and oxygen atoms in total. The Hall–Kier alpha value is -3.22. The lowest BCUT2D eigenvalue weighted by atomic mass is 9.80. The van der Waals surface area contributed by atoms with Crippen LogP contribution in [-0.4, -0.2) is 83.1 Å². The van der Waals surface area contributed by atoms with Crippen molar-refractivity contribution in [2.24, 2.45) is 36.5 Å². The largest absolute Gasteiger partial charge is 0.391 e. The van der Waals surface area contributed by atoms with Gasteiger partial charge in [0.1, 0.15) is 0 Å². The van der Waals surface area contributed by atoms with E-state index < -0.39 is 35.7 Å². The Morgan fingerprint density at radius 3 is 2.46 bits per heavy atom. The summed E-state index contributed by atoms with van der Waals surface area (Å²) in [6.07, 6.45) is 6.17. The molecule has 1 saturated heterocycles. The number of carbonyl (C=O) groups excluding carboxylic acids is 2. The monoisotopic (exact) mass is 645 g/mol. The zero-order valence-corrected chi connectivity index (χ0v) is 28.4.